The maximum atomic E-state index is 12.9. The predicted octanol–water partition coefficient (Wildman–Crippen LogP) is 4.10. The fraction of sp³-hybridized carbons (Fsp3) is 1.00. The molecule has 0 aromatic heterocycles. The fourth-order valence-electron chi connectivity index (χ4n) is 0.737. The van der Waals surface area contributed by atoms with Gasteiger partial charge in [-0.1, -0.05) is 26.2 Å². The van der Waals surface area contributed by atoms with Gasteiger partial charge in [-0.3, -0.25) is 0 Å². The van der Waals surface area contributed by atoms with Crippen LogP contribution in [-0.4, -0.2) is 11.8 Å². The van der Waals surface area contributed by atoms with Gasteiger partial charge < -0.3 is 0 Å². The van der Waals surface area contributed by atoms with E-state index < -0.39 is 11.8 Å². The molecule has 0 amide bonds. The van der Waals surface area contributed by atoms with E-state index >= 15 is 0 Å². The number of halogens is 4. The molecule has 0 fully saturated rings. The summed E-state index contributed by atoms with van der Waals surface area (Å²) < 4.78 is 12.9. The Morgan fingerprint density at radius 2 is 1.82 bits per heavy atom. The van der Waals surface area contributed by atoms with Crippen molar-refractivity contribution in [3.8, 4) is 0 Å². The molecule has 0 aromatic rings. The van der Waals surface area contributed by atoms with E-state index in [-0.39, 0.29) is 0 Å². The highest BCUT2D eigenvalue weighted by molar-refractivity contribution is 7.65. The molecule has 0 aliphatic heterocycles. The zero-order chi connectivity index (χ0) is 8.91. The second-order valence-corrected chi connectivity index (χ2v) is 11.3. The van der Waals surface area contributed by atoms with E-state index in [1.54, 1.807) is 0 Å². The molecule has 0 saturated carbocycles. The van der Waals surface area contributed by atoms with Crippen LogP contribution in [0.3, 0.4) is 0 Å². The standard InChI is InChI=1S/C6H12Cl3FSi/c1-2-3-4-5-6(10)11(7,8)9/h6H,2-5H2,1H3. The molecule has 0 aliphatic carbocycles. The van der Waals surface area contributed by atoms with Gasteiger partial charge in [-0.25, -0.2) is 4.39 Å². The minimum absolute atomic E-state index is 0.399. The van der Waals surface area contributed by atoms with Crippen molar-refractivity contribution < 1.29 is 4.39 Å². The molecular formula is C6H12Cl3FSi. The molecule has 0 heterocycles. The number of hydrogen-bond donors (Lipinski definition) is 0. The van der Waals surface area contributed by atoms with Crippen LogP contribution in [0, 0.1) is 0 Å². The lowest BCUT2D eigenvalue weighted by Gasteiger charge is -2.12. The van der Waals surface area contributed by atoms with Crippen molar-refractivity contribution in [2.45, 2.75) is 38.4 Å². The molecule has 0 aromatic carbocycles. The van der Waals surface area contributed by atoms with E-state index in [2.05, 4.69) is 6.92 Å². The van der Waals surface area contributed by atoms with Crippen molar-refractivity contribution >= 4 is 39.2 Å². The predicted molar refractivity (Wildman–Crippen MR) is 52.4 cm³/mol. The van der Waals surface area contributed by atoms with Crippen LogP contribution >= 0.6 is 33.2 Å². The van der Waals surface area contributed by atoms with E-state index in [1.165, 1.54) is 0 Å². The largest absolute Gasteiger partial charge is 0.374 e. The highest BCUT2D eigenvalue weighted by atomic mass is 35.8. The van der Waals surface area contributed by atoms with Gasteiger partial charge in [0, 0.05) is 0 Å². The molecule has 5 heteroatoms. The number of rotatable bonds is 5. The highest BCUT2D eigenvalue weighted by Crippen LogP contribution is 2.29. The molecule has 0 saturated heterocycles. The smallest absolute Gasteiger partial charge is 0.247 e. The fourth-order valence-corrected chi connectivity index (χ4v) is 2.25. The van der Waals surface area contributed by atoms with Crippen molar-refractivity contribution in [3.05, 3.63) is 0 Å². The van der Waals surface area contributed by atoms with Crippen LogP contribution in [-0.2, 0) is 0 Å². The lowest BCUT2D eigenvalue weighted by Crippen LogP contribution is -2.26. The first-order chi connectivity index (χ1) is 4.98. The summed E-state index contributed by atoms with van der Waals surface area (Å²) in [6, 6.07) is -3.06. The van der Waals surface area contributed by atoms with Crippen molar-refractivity contribution in [3.63, 3.8) is 0 Å². The third kappa shape index (κ3) is 6.20. The normalized spacial score (nSPS) is 15.0. The third-order valence-electron chi connectivity index (χ3n) is 1.42. The molecule has 0 N–H and O–H groups in total. The Morgan fingerprint density at radius 1 is 1.27 bits per heavy atom. The second-order valence-electron chi connectivity index (χ2n) is 2.50. The molecule has 0 nitrogen and oxygen atoms in total. The van der Waals surface area contributed by atoms with E-state index in [1.807, 2.05) is 0 Å². The van der Waals surface area contributed by atoms with Crippen molar-refractivity contribution in [2.75, 3.05) is 0 Å². The van der Waals surface area contributed by atoms with Crippen molar-refractivity contribution in [1.29, 1.82) is 0 Å². The number of alkyl halides is 1. The minimum atomic E-state index is -3.06. The van der Waals surface area contributed by atoms with Crippen LogP contribution in [0.2, 0.25) is 0 Å². The van der Waals surface area contributed by atoms with Crippen LogP contribution in [0.25, 0.3) is 0 Å². The summed E-state index contributed by atoms with van der Waals surface area (Å²) in [7, 11) is 0. The van der Waals surface area contributed by atoms with E-state index in [0.717, 1.165) is 19.3 Å². The molecule has 0 aliphatic rings. The Bertz CT molecular complexity index is 104. The van der Waals surface area contributed by atoms with Gasteiger partial charge in [0.1, 0.15) is 5.79 Å². The molecule has 0 radical (unpaired) electrons. The van der Waals surface area contributed by atoms with E-state index in [0.29, 0.717) is 6.42 Å². The van der Waals surface area contributed by atoms with Crippen LogP contribution in [0.1, 0.15) is 32.6 Å². The lowest BCUT2D eigenvalue weighted by molar-refractivity contribution is 0.400. The molecular weight excluding hydrogens is 226 g/mol. The summed E-state index contributed by atoms with van der Waals surface area (Å²) >= 11 is 16.4. The maximum Gasteiger partial charge on any atom is 0.374 e. The third-order valence-corrected chi connectivity index (χ3v) is 4.55. The van der Waals surface area contributed by atoms with Gasteiger partial charge >= 0.3 is 6.00 Å². The maximum absolute atomic E-state index is 12.9. The summed E-state index contributed by atoms with van der Waals surface area (Å²) in [5.74, 6) is -1.20. The van der Waals surface area contributed by atoms with Gasteiger partial charge in [0.25, 0.3) is 0 Å². The summed E-state index contributed by atoms with van der Waals surface area (Å²) in [6.07, 6.45) is 3.29. The summed E-state index contributed by atoms with van der Waals surface area (Å²) in [5, 5.41) is 0. The Morgan fingerprint density at radius 3 is 2.18 bits per heavy atom. The average Bonchev–Trinajstić information content (AvgIpc) is 1.86. The van der Waals surface area contributed by atoms with Crippen LogP contribution in [0.4, 0.5) is 4.39 Å². The zero-order valence-corrected chi connectivity index (χ0v) is 9.69. The molecule has 0 rings (SSSR count). The first-order valence-electron chi connectivity index (χ1n) is 3.69. The Hall–Kier alpha value is 1.02. The van der Waals surface area contributed by atoms with Crippen LogP contribution < -0.4 is 0 Å². The van der Waals surface area contributed by atoms with Gasteiger partial charge in [0.05, 0.1) is 0 Å². The van der Waals surface area contributed by atoms with Crippen LogP contribution in [0.15, 0.2) is 0 Å². The molecule has 11 heavy (non-hydrogen) atoms. The van der Waals surface area contributed by atoms with Gasteiger partial charge in [0.2, 0.25) is 0 Å². The summed E-state index contributed by atoms with van der Waals surface area (Å²) in [5.41, 5.74) is 0. The quantitative estimate of drug-likeness (QED) is 0.384. The highest BCUT2D eigenvalue weighted by Gasteiger charge is 2.36. The molecule has 1 unspecified atom stereocenters. The molecule has 0 spiro atoms. The van der Waals surface area contributed by atoms with Gasteiger partial charge in [-0.15, -0.1) is 33.2 Å². The Balaban J connectivity index is 3.44. The Labute approximate surface area is 82.1 Å². The molecule has 1 atom stereocenters. The monoisotopic (exact) mass is 236 g/mol. The summed E-state index contributed by atoms with van der Waals surface area (Å²) in [6.45, 7) is 2.06. The van der Waals surface area contributed by atoms with E-state index in [4.69, 9.17) is 33.2 Å². The first kappa shape index (κ1) is 12.0. The zero-order valence-electron chi connectivity index (χ0n) is 6.42. The van der Waals surface area contributed by atoms with Crippen LogP contribution in [0.5, 0.6) is 0 Å². The van der Waals surface area contributed by atoms with Crippen molar-refractivity contribution in [1.82, 2.24) is 0 Å². The summed E-state index contributed by atoms with van der Waals surface area (Å²) in [4.78, 5) is 0. The van der Waals surface area contributed by atoms with E-state index in [9.17, 15) is 4.39 Å². The number of unbranched alkanes of at least 4 members (excludes halogenated alkanes) is 2. The van der Waals surface area contributed by atoms with Gasteiger partial charge in [-0.2, -0.15) is 0 Å². The van der Waals surface area contributed by atoms with Crippen molar-refractivity contribution in [2.24, 2.45) is 0 Å². The molecule has 0 bridgehead atoms. The SMILES string of the molecule is CCCCCC(F)[Si](Cl)(Cl)Cl. The number of hydrogen-bond acceptors (Lipinski definition) is 0. The minimum Gasteiger partial charge on any atom is -0.247 e. The van der Waals surface area contributed by atoms with Gasteiger partial charge in [-0.05, 0) is 6.42 Å². The Kier molecular flexibility index (Phi) is 6.15. The van der Waals surface area contributed by atoms with Gasteiger partial charge in [0.15, 0.2) is 0 Å². The molecule has 68 valence electrons. The first-order valence-corrected chi connectivity index (χ1v) is 8.80. The topological polar surface area (TPSA) is 0 Å². The second kappa shape index (κ2) is 5.63. The lowest BCUT2D eigenvalue weighted by atomic mass is 10.2. The average molecular weight is 238 g/mol.